The number of carbonyl (C=O) groups is 1. The molecule has 1 saturated carbocycles. The van der Waals surface area contributed by atoms with Gasteiger partial charge in [-0.15, -0.1) is 23.2 Å². The Balaban J connectivity index is 1.51. The summed E-state index contributed by atoms with van der Waals surface area (Å²) in [5.41, 5.74) is 0. The standard InChI is InChI=1S/C12H17Cl2N3OS/c1-8-7-15-11(19-8)17-4-2-16(3-5-17)10(18)9-6-12(9,13)14/h8-9H,2-7H2,1H3. The van der Waals surface area contributed by atoms with Crippen molar-refractivity contribution in [1.29, 1.82) is 0 Å². The first-order chi connectivity index (χ1) is 8.97. The third-order valence-corrected chi connectivity index (χ3v) is 5.76. The number of thioether (sulfide) groups is 1. The molecule has 7 heteroatoms. The molecule has 3 aliphatic rings. The molecule has 106 valence electrons. The summed E-state index contributed by atoms with van der Waals surface area (Å²) in [6.07, 6.45) is 0.592. The van der Waals surface area contributed by atoms with Gasteiger partial charge in [0.15, 0.2) is 5.17 Å². The predicted octanol–water partition coefficient (Wildman–Crippen LogP) is 1.82. The Morgan fingerprint density at radius 1 is 1.37 bits per heavy atom. The van der Waals surface area contributed by atoms with Gasteiger partial charge in [0, 0.05) is 31.4 Å². The van der Waals surface area contributed by atoms with Gasteiger partial charge in [-0.3, -0.25) is 9.79 Å². The summed E-state index contributed by atoms with van der Waals surface area (Å²) >= 11 is 13.7. The van der Waals surface area contributed by atoms with Gasteiger partial charge in [-0.25, -0.2) is 0 Å². The zero-order chi connectivity index (χ0) is 13.6. The lowest BCUT2D eigenvalue weighted by Crippen LogP contribution is -2.50. The number of alkyl halides is 2. The van der Waals surface area contributed by atoms with Gasteiger partial charge in [0.2, 0.25) is 5.91 Å². The third kappa shape index (κ3) is 2.83. The number of nitrogens with zero attached hydrogens (tertiary/aromatic N) is 3. The Morgan fingerprint density at radius 2 is 2.00 bits per heavy atom. The molecule has 0 bridgehead atoms. The van der Waals surface area contributed by atoms with Crippen LogP contribution in [0.2, 0.25) is 0 Å². The number of rotatable bonds is 1. The van der Waals surface area contributed by atoms with Crippen LogP contribution < -0.4 is 0 Å². The molecule has 1 amide bonds. The van der Waals surface area contributed by atoms with Crippen molar-refractivity contribution < 1.29 is 4.79 Å². The van der Waals surface area contributed by atoms with Gasteiger partial charge in [0.05, 0.1) is 12.5 Å². The van der Waals surface area contributed by atoms with E-state index in [1.165, 1.54) is 0 Å². The second kappa shape index (κ2) is 5.01. The second-order valence-corrected chi connectivity index (χ2v) is 8.33. The Kier molecular flexibility index (Phi) is 3.65. The van der Waals surface area contributed by atoms with Gasteiger partial charge in [-0.05, 0) is 6.42 Å². The van der Waals surface area contributed by atoms with E-state index in [9.17, 15) is 4.79 Å². The SMILES string of the molecule is CC1CN=C(N2CCN(C(=O)C3CC3(Cl)Cl)CC2)S1. The van der Waals surface area contributed by atoms with E-state index in [-0.39, 0.29) is 11.8 Å². The summed E-state index contributed by atoms with van der Waals surface area (Å²) in [4.78, 5) is 20.9. The van der Waals surface area contributed by atoms with Gasteiger partial charge >= 0.3 is 0 Å². The fourth-order valence-electron chi connectivity index (χ4n) is 2.46. The highest BCUT2D eigenvalue weighted by Crippen LogP contribution is 2.53. The highest BCUT2D eigenvalue weighted by Gasteiger charge is 2.57. The first-order valence-corrected chi connectivity index (χ1v) is 8.23. The quantitative estimate of drug-likeness (QED) is 0.691. The average Bonchev–Trinajstić information content (AvgIpc) is 2.82. The molecule has 0 aromatic heterocycles. The molecular formula is C12H17Cl2N3OS. The summed E-state index contributed by atoms with van der Waals surface area (Å²) in [6, 6.07) is 0. The molecular weight excluding hydrogens is 305 g/mol. The van der Waals surface area contributed by atoms with Crippen LogP contribution in [0.1, 0.15) is 13.3 Å². The van der Waals surface area contributed by atoms with Crippen molar-refractivity contribution in [1.82, 2.24) is 9.80 Å². The van der Waals surface area contributed by atoms with Crippen molar-refractivity contribution in [3.05, 3.63) is 0 Å². The molecule has 2 unspecified atom stereocenters. The number of hydrogen-bond acceptors (Lipinski definition) is 4. The normalized spacial score (nSPS) is 33.3. The van der Waals surface area contributed by atoms with Crippen molar-refractivity contribution in [3.63, 3.8) is 0 Å². The van der Waals surface area contributed by atoms with Crippen LogP contribution in [0.15, 0.2) is 4.99 Å². The summed E-state index contributed by atoms with van der Waals surface area (Å²) in [5.74, 6) is -0.0837. The van der Waals surface area contributed by atoms with Crippen LogP contribution in [0.25, 0.3) is 0 Å². The predicted molar refractivity (Wildman–Crippen MR) is 80.1 cm³/mol. The van der Waals surface area contributed by atoms with Crippen LogP contribution in [0.4, 0.5) is 0 Å². The molecule has 2 fully saturated rings. The molecule has 0 radical (unpaired) electrons. The molecule has 2 heterocycles. The van der Waals surface area contributed by atoms with E-state index in [1.807, 2.05) is 16.7 Å². The number of amidine groups is 1. The van der Waals surface area contributed by atoms with Crippen LogP contribution in [-0.2, 0) is 4.79 Å². The van der Waals surface area contributed by atoms with Crippen LogP contribution in [0, 0.1) is 5.92 Å². The summed E-state index contributed by atoms with van der Waals surface area (Å²) in [6.45, 7) is 6.29. The van der Waals surface area contributed by atoms with Gasteiger partial charge in [0.1, 0.15) is 4.33 Å². The van der Waals surface area contributed by atoms with Crippen molar-refractivity contribution >= 4 is 46.0 Å². The van der Waals surface area contributed by atoms with Gasteiger partial charge < -0.3 is 9.80 Å². The van der Waals surface area contributed by atoms with E-state index < -0.39 is 4.33 Å². The minimum atomic E-state index is -0.810. The molecule has 0 spiro atoms. The number of amides is 1. The maximum absolute atomic E-state index is 12.2. The van der Waals surface area contributed by atoms with E-state index in [0.717, 1.165) is 37.9 Å². The molecule has 1 saturated heterocycles. The number of carbonyl (C=O) groups excluding carboxylic acids is 1. The average molecular weight is 322 g/mol. The molecule has 4 nitrogen and oxygen atoms in total. The van der Waals surface area contributed by atoms with E-state index in [1.54, 1.807) is 0 Å². The van der Waals surface area contributed by atoms with E-state index in [4.69, 9.17) is 23.2 Å². The Morgan fingerprint density at radius 3 is 2.47 bits per heavy atom. The number of aliphatic imine (C=N–C) groups is 1. The van der Waals surface area contributed by atoms with E-state index >= 15 is 0 Å². The number of halogens is 2. The number of hydrogen-bond donors (Lipinski definition) is 0. The van der Waals surface area contributed by atoms with Crippen LogP contribution in [0.3, 0.4) is 0 Å². The van der Waals surface area contributed by atoms with Crippen LogP contribution >= 0.6 is 35.0 Å². The minimum absolute atomic E-state index is 0.110. The largest absolute Gasteiger partial charge is 0.348 e. The maximum Gasteiger partial charge on any atom is 0.228 e. The van der Waals surface area contributed by atoms with Crippen molar-refractivity contribution in [2.24, 2.45) is 10.9 Å². The zero-order valence-electron chi connectivity index (χ0n) is 10.8. The van der Waals surface area contributed by atoms with Crippen molar-refractivity contribution in [2.75, 3.05) is 32.7 Å². The Labute approximate surface area is 127 Å². The maximum atomic E-state index is 12.2. The highest BCUT2D eigenvalue weighted by atomic mass is 35.5. The molecule has 0 aromatic carbocycles. The topological polar surface area (TPSA) is 35.9 Å². The molecule has 3 rings (SSSR count). The lowest BCUT2D eigenvalue weighted by atomic mass is 10.3. The fraction of sp³-hybridized carbons (Fsp3) is 0.833. The van der Waals surface area contributed by atoms with Crippen LogP contribution in [0.5, 0.6) is 0 Å². The van der Waals surface area contributed by atoms with E-state index in [0.29, 0.717) is 11.7 Å². The first kappa shape index (κ1) is 13.8. The molecule has 0 aromatic rings. The van der Waals surface area contributed by atoms with Gasteiger partial charge in [-0.2, -0.15) is 0 Å². The molecule has 19 heavy (non-hydrogen) atoms. The smallest absolute Gasteiger partial charge is 0.228 e. The monoisotopic (exact) mass is 321 g/mol. The summed E-state index contributed by atoms with van der Waals surface area (Å²) in [5, 5.41) is 1.71. The van der Waals surface area contributed by atoms with Crippen molar-refractivity contribution in [2.45, 2.75) is 22.9 Å². The molecule has 1 aliphatic carbocycles. The third-order valence-electron chi connectivity index (χ3n) is 3.78. The van der Waals surface area contributed by atoms with E-state index in [2.05, 4.69) is 16.8 Å². The fourth-order valence-corrected chi connectivity index (χ4v) is 3.94. The minimum Gasteiger partial charge on any atom is -0.348 e. The zero-order valence-corrected chi connectivity index (χ0v) is 13.1. The molecule has 2 atom stereocenters. The van der Waals surface area contributed by atoms with Gasteiger partial charge in [0.25, 0.3) is 0 Å². The molecule has 0 N–H and O–H groups in total. The second-order valence-electron chi connectivity index (χ2n) is 5.38. The number of piperazine rings is 1. The first-order valence-electron chi connectivity index (χ1n) is 6.60. The Bertz CT molecular complexity index is 421. The lowest BCUT2D eigenvalue weighted by molar-refractivity contribution is -0.133. The van der Waals surface area contributed by atoms with Crippen LogP contribution in [-0.4, -0.2) is 63.2 Å². The van der Waals surface area contributed by atoms with Crippen molar-refractivity contribution in [3.8, 4) is 0 Å². The summed E-state index contributed by atoms with van der Waals surface area (Å²) in [7, 11) is 0. The molecule has 2 aliphatic heterocycles. The lowest BCUT2D eigenvalue weighted by Gasteiger charge is -2.35. The van der Waals surface area contributed by atoms with Gasteiger partial charge in [-0.1, -0.05) is 18.7 Å². The highest BCUT2D eigenvalue weighted by molar-refractivity contribution is 8.14. The Hall–Kier alpha value is -0.130. The summed E-state index contributed by atoms with van der Waals surface area (Å²) < 4.78 is -0.810.